The lowest BCUT2D eigenvalue weighted by molar-refractivity contribution is -0.141. The lowest BCUT2D eigenvalue weighted by atomic mass is 9.83. The summed E-state index contributed by atoms with van der Waals surface area (Å²) in [5.74, 6) is -0.142. The third kappa shape index (κ3) is 3.39. The van der Waals surface area contributed by atoms with Crippen molar-refractivity contribution in [2.75, 3.05) is 0 Å². The number of halogens is 1. The van der Waals surface area contributed by atoms with Gasteiger partial charge in [0, 0.05) is 6.92 Å². The van der Waals surface area contributed by atoms with Crippen LogP contribution in [0.1, 0.15) is 44.1 Å². The van der Waals surface area contributed by atoms with Crippen LogP contribution in [0.15, 0.2) is 29.4 Å². The van der Waals surface area contributed by atoms with Gasteiger partial charge in [0.1, 0.15) is 5.82 Å². The fraction of sp³-hybridized carbons (Fsp3) is 0.429. The van der Waals surface area contributed by atoms with Crippen LogP contribution in [0.25, 0.3) is 0 Å². The molecule has 3 nitrogen and oxygen atoms in total. The molecule has 0 amide bonds. The largest absolute Gasteiger partial charge is 0.331 e. The molecule has 0 atom stereocenters. The predicted molar refractivity (Wildman–Crippen MR) is 66.8 cm³/mol. The molecule has 0 heterocycles. The molecule has 1 aliphatic rings. The molecule has 0 radical (unpaired) electrons. The third-order valence-corrected chi connectivity index (χ3v) is 3.21. The lowest BCUT2D eigenvalue weighted by Crippen LogP contribution is -2.13. The maximum Gasteiger partial charge on any atom is 0.331 e. The zero-order chi connectivity index (χ0) is 13.0. The van der Waals surface area contributed by atoms with Crippen molar-refractivity contribution >= 4 is 11.7 Å². The molecule has 1 aromatic rings. The molecular weight excluding hydrogens is 233 g/mol. The van der Waals surface area contributed by atoms with Crippen LogP contribution in [0.3, 0.4) is 0 Å². The van der Waals surface area contributed by atoms with Gasteiger partial charge in [-0.15, -0.1) is 0 Å². The Morgan fingerprint density at radius 3 is 2.44 bits per heavy atom. The summed E-state index contributed by atoms with van der Waals surface area (Å²) < 4.78 is 12.8. The minimum absolute atomic E-state index is 0.202. The molecule has 1 aliphatic carbocycles. The van der Waals surface area contributed by atoms with Crippen molar-refractivity contribution in [1.29, 1.82) is 0 Å². The fourth-order valence-electron chi connectivity index (χ4n) is 2.24. The molecule has 1 aromatic carbocycles. The van der Waals surface area contributed by atoms with Gasteiger partial charge in [-0.1, -0.05) is 17.3 Å². The molecule has 0 spiro atoms. The molecule has 1 fully saturated rings. The summed E-state index contributed by atoms with van der Waals surface area (Å²) in [6.45, 7) is 1.34. The molecular formula is C14H16FNO2. The maximum absolute atomic E-state index is 12.8. The van der Waals surface area contributed by atoms with Gasteiger partial charge in [-0.2, -0.15) is 0 Å². The zero-order valence-corrected chi connectivity index (χ0v) is 10.4. The highest BCUT2D eigenvalue weighted by atomic mass is 19.1. The number of nitrogens with zero attached hydrogens (tertiary/aromatic N) is 1. The number of rotatable bonds is 2. The summed E-state index contributed by atoms with van der Waals surface area (Å²) in [4.78, 5) is 15.3. The van der Waals surface area contributed by atoms with Crippen molar-refractivity contribution < 1.29 is 14.0 Å². The van der Waals surface area contributed by atoms with Gasteiger partial charge in [-0.05, 0) is 49.3 Å². The van der Waals surface area contributed by atoms with Crippen molar-refractivity contribution in [2.24, 2.45) is 5.16 Å². The summed E-state index contributed by atoms with van der Waals surface area (Å²) >= 11 is 0. The summed E-state index contributed by atoms with van der Waals surface area (Å²) in [5.41, 5.74) is 2.10. The van der Waals surface area contributed by atoms with E-state index in [1.807, 2.05) is 12.1 Å². The van der Waals surface area contributed by atoms with Gasteiger partial charge in [-0.3, -0.25) is 0 Å². The summed E-state index contributed by atoms with van der Waals surface area (Å²) in [6.07, 6.45) is 3.59. The predicted octanol–water partition coefficient (Wildman–Crippen LogP) is 3.40. The third-order valence-electron chi connectivity index (χ3n) is 3.21. The summed E-state index contributed by atoms with van der Waals surface area (Å²) in [6, 6.07) is 6.68. The van der Waals surface area contributed by atoms with E-state index in [1.165, 1.54) is 24.6 Å². The maximum atomic E-state index is 12.8. The quantitative estimate of drug-likeness (QED) is 0.595. The van der Waals surface area contributed by atoms with Gasteiger partial charge in [0.05, 0.1) is 5.71 Å². The van der Waals surface area contributed by atoms with E-state index in [9.17, 15) is 9.18 Å². The minimum Gasteiger partial charge on any atom is -0.319 e. The van der Waals surface area contributed by atoms with Crippen molar-refractivity contribution in [3.05, 3.63) is 35.6 Å². The highest BCUT2D eigenvalue weighted by Gasteiger charge is 2.19. The van der Waals surface area contributed by atoms with Gasteiger partial charge < -0.3 is 4.84 Å². The van der Waals surface area contributed by atoms with Gasteiger partial charge in [0.2, 0.25) is 0 Å². The van der Waals surface area contributed by atoms with Crippen LogP contribution >= 0.6 is 0 Å². The second-order valence-corrected chi connectivity index (χ2v) is 4.57. The molecule has 1 saturated carbocycles. The van der Waals surface area contributed by atoms with E-state index in [4.69, 9.17) is 0 Å². The first-order valence-corrected chi connectivity index (χ1v) is 6.14. The zero-order valence-electron chi connectivity index (χ0n) is 10.4. The molecule has 2 rings (SSSR count). The smallest absolute Gasteiger partial charge is 0.319 e. The number of carbonyl (C=O) groups is 1. The first-order valence-electron chi connectivity index (χ1n) is 6.14. The Morgan fingerprint density at radius 2 is 1.89 bits per heavy atom. The minimum atomic E-state index is -0.386. The number of oxime groups is 1. The molecule has 0 unspecified atom stereocenters. The summed E-state index contributed by atoms with van der Waals surface area (Å²) in [7, 11) is 0. The average molecular weight is 249 g/mol. The SMILES string of the molecule is CC(=O)ON=C1CCC(c2ccc(F)cc2)CC1. The normalized spacial score (nSPS) is 19.4. The molecule has 0 N–H and O–H groups in total. The highest BCUT2D eigenvalue weighted by Crippen LogP contribution is 2.31. The van der Waals surface area contributed by atoms with Gasteiger partial charge in [0.25, 0.3) is 0 Å². The van der Waals surface area contributed by atoms with Crippen LogP contribution in [-0.4, -0.2) is 11.7 Å². The van der Waals surface area contributed by atoms with Crippen molar-refractivity contribution in [1.82, 2.24) is 0 Å². The average Bonchev–Trinajstić information content (AvgIpc) is 2.38. The van der Waals surface area contributed by atoms with E-state index in [2.05, 4.69) is 9.99 Å². The standard InChI is InChI=1S/C14H16FNO2/c1-10(17)18-16-14-8-4-12(5-9-14)11-2-6-13(15)7-3-11/h2-3,6-7,12H,4-5,8-9H2,1H3. The van der Waals surface area contributed by atoms with Gasteiger partial charge in [-0.25, -0.2) is 9.18 Å². The van der Waals surface area contributed by atoms with E-state index < -0.39 is 0 Å². The number of hydrogen-bond donors (Lipinski definition) is 0. The van der Waals surface area contributed by atoms with Crippen molar-refractivity contribution in [3.63, 3.8) is 0 Å². The van der Waals surface area contributed by atoms with E-state index in [0.29, 0.717) is 5.92 Å². The van der Waals surface area contributed by atoms with Gasteiger partial charge in [0.15, 0.2) is 0 Å². The molecule has 0 saturated heterocycles. The fourth-order valence-corrected chi connectivity index (χ4v) is 2.24. The Hall–Kier alpha value is -1.71. The van der Waals surface area contributed by atoms with E-state index in [0.717, 1.165) is 31.4 Å². The molecule has 18 heavy (non-hydrogen) atoms. The second kappa shape index (κ2) is 5.76. The van der Waals surface area contributed by atoms with E-state index >= 15 is 0 Å². The van der Waals surface area contributed by atoms with Crippen LogP contribution in [0.4, 0.5) is 4.39 Å². The Bertz CT molecular complexity index is 443. The number of benzene rings is 1. The van der Waals surface area contributed by atoms with Gasteiger partial charge >= 0.3 is 5.97 Å². The van der Waals surface area contributed by atoms with Crippen LogP contribution in [-0.2, 0) is 9.63 Å². The lowest BCUT2D eigenvalue weighted by Gasteiger charge is -2.22. The Labute approximate surface area is 106 Å². The first kappa shape index (κ1) is 12.7. The molecule has 4 heteroatoms. The topological polar surface area (TPSA) is 38.7 Å². The van der Waals surface area contributed by atoms with Crippen LogP contribution in [0.2, 0.25) is 0 Å². The summed E-state index contributed by atoms with van der Waals surface area (Å²) in [5, 5.41) is 3.83. The van der Waals surface area contributed by atoms with Crippen molar-refractivity contribution in [3.8, 4) is 0 Å². The molecule has 0 aromatic heterocycles. The molecule has 0 aliphatic heterocycles. The Balaban J connectivity index is 1.92. The monoisotopic (exact) mass is 249 g/mol. The van der Waals surface area contributed by atoms with Crippen molar-refractivity contribution in [2.45, 2.75) is 38.5 Å². The first-order chi connectivity index (χ1) is 8.65. The Morgan fingerprint density at radius 1 is 1.28 bits per heavy atom. The van der Waals surface area contributed by atoms with E-state index in [-0.39, 0.29) is 11.8 Å². The highest BCUT2D eigenvalue weighted by molar-refractivity contribution is 5.85. The molecule has 0 bridgehead atoms. The van der Waals surface area contributed by atoms with Crippen LogP contribution in [0.5, 0.6) is 0 Å². The number of hydrogen-bond acceptors (Lipinski definition) is 3. The van der Waals surface area contributed by atoms with Crippen LogP contribution in [0, 0.1) is 5.82 Å². The van der Waals surface area contributed by atoms with Crippen LogP contribution < -0.4 is 0 Å². The van der Waals surface area contributed by atoms with E-state index in [1.54, 1.807) is 0 Å². The number of carbonyl (C=O) groups excluding carboxylic acids is 1. The second-order valence-electron chi connectivity index (χ2n) is 4.57. The Kier molecular flexibility index (Phi) is 4.07. The molecule has 96 valence electrons.